The highest BCUT2D eigenvalue weighted by Gasteiger charge is 2.09. The van der Waals surface area contributed by atoms with Crippen molar-refractivity contribution in [1.82, 2.24) is 0 Å². The minimum Gasteiger partial charge on any atom is -0.493 e. The molecule has 1 rings (SSSR count). The summed E-state index contributed by atoms with van der Waals surface area (Å²) in [5.74, 6) is -1.20. The molecule has 0 aromatic heterocycles. The van der Waals surface area contributed by atoms with E-state index in [0.717, 1.165) is 6.07 Å². The average molecular weight is 184 g/mol. The van der Waals surface area contributed by atoms with Crippen LogP contribution >= 0.6 is 0 Å². The van der Waals surface area contributed by atoms with Crippen LogP contribution in [0.1, 0.15) is 5.56 Å². The molecule has 0 amide bonds. The van der Waals surface area contributed by atoms with E-state index in [0.29, 0.717) is 12.0 Å². The lowest BCUT2D eigenvalue weighted by atomic mass is 10.1. The monoisotopic (exact) mass is 184 g/mol. The van der Waals surface area contributed by atoms with Gasteiger partial charge in [-0.1, -0.05) is 6.08 Å². The summed E-state index contributed by atoms with van der Waals surface area (Å²) in [6, 6.07) is 2.04. The fourth-order valence-corrected chi connectivity index (χ4v) is 1.15. The number of halogens is 2. The molecule has 1 nitrogen and oxygen atoms in total. The first-order chi connectivity index (χ1) is 6.19. The summed E-state index contributed by atoms with van der Waals surface area (Å²) in [5.41, 5.74) is 0.468. The third kappa shape index (κ3) is 2.05. The van der Waals surface area contributed by atoms with Crippen molar-refractivity contribution >= 4 is 0 Å². The highest BCUT2D eigenvalue weighted by molar-refractivity contribution is 5.36. The zero-order chi connectivity index (χ0) is 9.84. The Morgan fingerprint density at radius 2 is 2.15 bits per heavy atom. The van der Waals surface area contributed by atoms with E-state index in [9.17, 15) is 8.78 Å². The molecule has 0 N–H and O–H groups in total. The second-order valence-electron chi connectivity index (χ2n) is 2.57. The van der Waals surface area contributed by atoms with Gasteiger partial charge in [0.05, 0.1) is 7.11 Å². The van der Waals surface area contributed by atoms with E-state index >= 15 is 0 Å². The third-order valence-electron chi connectivity index (χ3n) is 1.65. The summed E-state index contributed by atoms with van der Waals surface area (Å²) in [6.07, 6.45) is 1.95. The molecular weight excluding hydrogens is 174 g/mol. The molecule has 0 saturated carbocycles. The van der Waals surface area contributed by atoms with E-state index in [1.807, 2.05) is 0 Å². The Balaban J connectivity index is 3.20. The van der Waals surface area contributed by atoms with Crippen molar-refractivity contribution in [2.75, 3.05) is 7.11 Å². The molecule has 0 saturated heterocycles. The molecule has 0 bridgehead atoms. The fourth-order valence-electron chi connectivity index (χ4n) is 1.15. The first-order valence-electron chi connectivity index (χ1n) is 3.82. The maximum absolute atomic E-state index is 13.0. The molecule has 0 aliphatic carbocycles. The number of ether oxygens (including phenoxy) is 1. The smallest absolute Gasteiger partial charge is 0.168 e. The Hall–Kier alpha value is -1.38. The van der Waals surface area contributed by atoms with Gasteiger partial charge in [-0.15, -0.1) is 6.58 Å². The van der Waals surface area contributed by atoms with Crippen molar-refractivity contribution < 1.29 is 13.5 Å². The highest BCUT2D eigenvalue weighted by Crippen LogP contribution is 2.24. The molecule has 1 aromatic rings. The third-order valence-corrected chi connectivity index (χ3v) is 1.65. The van der Waals surface area contributed by atoms with Crippen molar-refractivity contribution in [1.29, 1.82) is 0 Å². The van der Waals surface area contributed by atoms with Crippen LogP contribution in [-0.4, -0.2) is 7.11 Å². The Bertz CT molecular complexity index is 321. The summed E-state index contributed by atoms with van der Waals surface area (Å²) in [7, 11) is 1.35. The van der Waals surface area contributed by atoms with Gasteiger partial charge in [0.1, 0.15) is 5.82 Å². The van der Waals surface area contributed by atoms with Crippen molar-refractivity contribution in [2.45, 2.75) is 6.42 Å². The summed E-state index contributed by atoms with van der Waals surface area (Å²) < 4.78 is 30.6. The minimum absolute atomic E-state index is 0.0845. The average Bonchev–Trinajstić information content (AvgIpc) is 2.04. The van der Waals surface area contributed by atoms with Gasteiger partial charge in [-0.3, -0.25) is 0 Å². The van der Waals surface area contributed by atoms with Crippen LogP contribution in [0, 0.1) is 11.6 Å². The van der Waals surface area contributed by atoms with Crippen LogP contribution in [0.4, 0.5) is 8.78 Å². The molecule has 0 heterocycles. The second-order valence-corrected chi connectivity index (χ2v) is 2.57. The molecule has 0 spiro atoms. The van der Waals surface area contributed by atoms with Crippen LogP contribution in [0.25, 0.3) is 0 Å². The molecule has 13 heavy (non-hydrogen) atoms. The number of rotatable bonds is 3. The van der Waals surface area contributed by atoms with E-state index in [-0.39, 0.29) is 5.75 Å². The van der Waals surface area contributed by atoms with E-state index < -0.39 is 11.6 Å². The number of methoxy groups -OCH3 is 1. The normalized spacial score (nSPS) is 9.77. The van der Waals surface area contributed by atoms with Crippen LogP contribution in [-0.2, 0) is 6.42 Å². The lowest BCUT2D eigenvalue weighted by Gasteiger charge is -2.07. The predicted octanol–water partition coefficient (Wildman–Crippen LogP) is 2.70. The molecule has 0 fully saturated rings. The van der Waals surface area contributed by atoms with E-state index in [4.69, 9.17) is 4.74 Å². The zero-order valence-electron chi connectivity index (χ0n) is 7.31. The number of benzene rings is 1. The molecule has 70 valence electrons. The quantitative estimate of drug-likeness (QED) is 0.656. The Morgan fingerprint density at radius 1 is 1.46 bits per heavy atom. The Kier molecular flexibility index (Phi) is 3.01. The summed E-state index contributed by atoms with van der Waals surface area (Å²) >= 11 is 0. The van der Waals surface area contributed by atoms with Gasteiger partial charge in [-0.05, 0) is 12.5 Å². The van der Waals surface area contributed by atoms with Crippen LogP contribution < -0.4 is 4.74 Å². The van der Waals surface area contributed by atoms with Gasteiger partial charge in [0, 0.05) is 11.6 Å². The molecule has 1 aromatic carbocycles. The van der Waals surface area contributed by atoms with Crippen molar-refractivity contribution in [3.63, 3.8) is 0 Å². The van der Waals surface area contributed by atoms with Crippen LogP contribution in [0.2, 0.25) is 0 Å². The van der Waals surface area contributed by atoms with Gasteiger partial charge in [0.2, 0.25) is 0 Å². The predicted molar refractivity (Wildman–Crippen MR) is 46.8 cm³/mol. The summed E-state index contributed by atoms with van der Waals surface area (Å²) in [4.78, 5) is 0. The van der Waals surface area contributed by atoms with Gasteiger partial charge in [0.25, 0.3) is 0 Å². The Labute approximate surface area is 75.6 Å². The van der Waals surface area contributed by atoms with Crippen molar-refractivity contribution in [3.8, 4) is 5.75 Å². The largest absolute Gasteiger partial charge is 0.493 e. The van der Waals surface area contributed by atoms with Gasteiger partial charge in [-0.25, -0.2) is 8.78 Å². The maximum atomic E-state index is 13.0. The van der Waals surface area contributed by atoms with Gasteiger partial charge >= 0.3 is 0 Å². The lowest BCUT2D eigenvalue weighted by molar-refractivity contribution is 0.379. The SMILES string of the molecule is C=CCc1cc(F)cc(F)c1OC. The van der Waals surface area contributed by atoms with Crippen LogP contribution in [0.15, 0.2) is 24.8 Å². The summed E-state index contributed by atoms with van der Waals surface area (Å²) in [6.45, 7) is 3.49. The van der Waals surface area contributed by atoms with Crippen molar-refractivity contribution in [3.05, 3.63) is 42.0 Å². The minimum atomic E-state index is -0.681. The molecular formula is C10H10F2O. The Morgan fingerprint density at radius 3 is 2.69 bits per heavy atom. The van der Waals surface area contributed by atoms with Gasteiger partial charge < -0.3 is 4.74 Å². The van der Waals surface area contributed by atoms with E-state index in [2.05, 4.69) is 6.58 Å². The zero-order valence-corrected chi connectivity index (χ0v) is 7.31. The van der Waals surface area contributed by atoms with Crippen LogP contribution in [0.3, 0.4) is 0 Å². The first kappa shape index (κ1) is 9.71. The molecule has 0 atom stereocenters. The highest BCUT2D eigenvalue weighted by atomic mass is 19.1. The molecule has 0 radical (unpaired) electrons. The maximum Gasteiger partial charge on any atom is 0.168 e. The fraction of sp³-hybridized carbons (Fsp3) is 0.200. The first-order valence-corrected chi connectivity index (χ1v) is 3.82. The lowest BCUT2D eigenvalue weighted by Crippen LogP contribution is -1.96. The van der Waals surface area contributed by atoms with E-state index in [1.165, 1.54) is 13.2 Å². The number of hydrogen-bond donors (Lipinski definition) is 0. The van der Waals surface area contributed by atoms with Crippen LogP contribution in [0.5, 0.6) is 5.75 Å². The van der Waals surface area contributed by atoms with Gasteiger partial charge in [0.15, 0.2) is 11.6 Å². The van der Waals surface area contributed by atoms with Gasteiger partial charge in [-0.2, -0.15) is 0 Å². The number of hydrogen-bond acceptors (Lipinski definition) is 1. The molecule has 3 heteroatoms. The summed E-state index contributed by atoms with van der Waals surface area (Å²) in [5, 5.41) is 0. The topological polar surface area (TPSA) is 9.23 Å². The molecule has 0 aliphatic rings. The van der Waals surface area contributed by atoms with E-state index in [1.54, 1.807) is 6.08 Å². The molecule has 0 unspecified atom stereocenters. The standard InChI is InChI=1S/C10H10F2O/c1-3-4-7-5-8(11)6-9(12)10(7)13-2/h3,5-6H,1,4H2,2H3. The van der Waals surface area contributed by atoms with Crippen molar-refractivity contribution in [2.24, 2.45) is 0 Å². The second kappa shape index (κ2) is 4.03. The molecule has 0 aliphatic heterocycles. The number of allylic oxidation sites excluding steroid dienone is 1.